The van der Waals surface area contributed by atoms with Gasteiger partial charge in [0.05, 0.1) is 6.61 Å². The number of ether oxygens (including phenoxy) is 1. The molecule has 2 unspecified atom stereocenters. The van der Waals surface area contributed by atoms with Gasteiger partial charge in [0.15, 0.2) is 0 Å². The van der Waals surface area contributed by atoms with Crippen LogP contribution >= 0.6 is 11.8 Å². The highest BCUT2D eigenvalue weighted by molar-refractivity contribution is 8.00. The Kier molecular flexibility index (Phi) is 5.26. The Hall–Kier alpha value is -2.07. The third-order valence-corrected chi connectivity index (χ3v) is 4.75. The van der Waals surface area contributed by atoms with Crippen molar-refractivity contribution < 1.29 is 29.1 Å². The van der Waals surface area contributed by atoms with Crippen LogP contribution in [0.5, 0.6) is 0 Å². The van der Waals surface area contributed by atoms with E-state index in [0.29, 0.717) is 11.3 Å². The summed E-state index contributed by atoms with van der Waals surface area (Å²) < 4.78 is 4.98. The van der Waals surface area contributed by atoms with Crippen molar-refractivity contribution in [1.82, 2.24) is 10.2 Å². The maximum Gasteiger partial charge on any atom is 0.352 e. The molecule has 2 heterocycles. The summed E-state index contributed by atoms with van der Waals surface area (Å²) in [6.07, 6.45) is 0. The molecule has 0 aromatic heterocycles. The average molecular weight is 343 g/mol. The first-order valence-corrected chi connectivity index (χ1v) is 7.74. The standard InChI is InChI=1S/C13H17N3O6S/c1-6(15-22-3)10(17)14-8-11(18)16-9(13(19)20)7(4-21-2)5-23-12(8)16/h8,12H,4-5H2,1-3H3,(H,14,17)(H,19,20)/b15-6+. The van der Waals surface area contributed by atoms with Gasteiger partial charge in [-0.05, 0) is 12.5 Å². The second kappa shape index (κ2) is 7.01. The van der Waals surface area contributed by atoms with Crippen LogP contribution < -0.4 is 5.32 Å². The number of β-lactam (4-membered cyclic amide) rings is 1. The van der Waals surface area contributed by atoms with Gasteiger partial charge in [-0.15, -0.1) is 11.8 Å². The fourth-order valence-corrected chi connectivity index (χ4v) is 3.72. The number of carbonyl (C=O) groups is 3. The molecule has 1 fully saturated rings. The molecule has 0 spiro atoms. The first-order valence-electron chi connectivity index (χ1n) is 6.69. The van der Waals surface area contributed by atoms with E-state index in [1.54, 1.807) is 0 Å². The van der Waals surface area contributed by atoms with E-state index in [2.05, 4.69) is 15.3 Å². The lowest BCUT2D eigenvalue weighted by Crippen LogP contribution is -2.71. The normalized spacial score (nSPS) is 24.0. The van der Waals surface area contributed by atoms with Crippen LogP contribution in [0.25, 0.3) is 0 Å². The number of fused-ring (bicyclic) bond motifs is 1. The molecule has 0 bridgehead atoms. The molecule has 0 aliphatic carbocycles. The SMILES string of the molecule is COCC1=C(C(=O)O)N2C(=O)C(NC(=O)/C(C)=N/OC)C2SC1. The van der Waals surface area contributed by atoms with Crippen LogP contribution in [0.1, 0.15) is 6.92 Å². The summed E-state index contributed by atoms with van der Waals surface area (Å²) in [7, 11) is 2.77. The highest BCUT2D eigenvalue weighted by Crippen LogP contribution is 2.40. The molecule has 2 aliphatic rings. The molecule has 2 amide bonds. The molecule has 9 nitrogen and oxygen atoms in total. The van der Waals surface area contributed by atoms with Crippen LogP contribution in [-0.2, 0) is 24.0 Å². The number of nitrogens with one attached hydrogen (secondary N) is 1. The van der Waals surface area contributed by atoms with Crippen LogP contribution in [0.3, 0.4) is 0 Å². The van der Waals surface area contributed by atoms with E-state index in [9.17, 15) is 19.5 Å². The Morgan fingerprint density at radius 1 is 1.48 bits per heavy atom. The Bertz CT molecular complexity index is 603. The van der Waals surface area contributed by atoms with Crippen LogP contribution in [0, 0.1) is 0 Å². The van der Waals surface area contributed by atoms with E-state index in [4.69, 9.17) is 4.74 Å². The average Bonchev–Trinajstić information content (AvgIpc) is 2.52. The molecule has 1 saturated heterocycles. The summed E-state index contributed by atoms with van der Waals surface area (Å²) in [5.74, 6) is -1.76. The Morgan fingerprint density at radius 3 is 2.74 bits per heavy atom. The highest BCUT2D eigenvalue weighted by atomic mass is 32.2. The van der Waals surface area contributed by atoms with E-state index in [1.165, 1.54) is 37.8 Å². The number of rotatable bonds is 6. The minimum Gasteiger partial charge on any atom is -0.477 e. The van der Waals surface area contributed by atoms with Crippen LogP contribution in [0.2, 0.25) is 0 Å². The maximum absolute atomic E-state index is 12.3. The molecule has 23 heavy (non-hydrogen) atoms. The lowest BCUT2D eigenvalue weighted by atomic mass is 10.0. The van der Waals surface area contributed by atoms with Crippen molar-refractivity contribution in [2.45, 2.75) is 18.3 Å². The zero-order valence-electron chi connectivity index (χ0n) is 12.9. The number of amides is 2. The summed E-state index contributed by atoms with van der Waals surface area (Å²) in [5, 5.41) is 15.0. The number of hydrogen-bond donors (Lipinski definition) is 2. The number of thioether (sulfide) groups is 1. The largest absolute Gasteiger partial charge is 0.477 e. The van der Waals surface area contributed by atoms with Gasteiger partial charge in [-0.25, -0.2) is 4.79 Å². The van der Waals surface area contributed by atoms with Crippen molar-refractivity contribution in [2.75, 3.05) is 26.6 Å². The van der Waals surface area contributed by atoms with Crippen LogP contribution in [-0.4, -0.2) is 71.5 Å². The topological polar surface area (TPSA) is 118 Å². The molecule has 0 radical (unpaired) electrons. The smallest absolute Gasteiger partial charge is 0.352 e. The molecule has 2 aliphatic heterocycles. The summed E-state index contributed by atoms with van der Waals surface area (Å²) >= 11 is 1.38. The third-order valence-electron chi connectivity index (χ3n) is 3.41. The molecular formula is C13H17N3O6S. The predicted molar refractivity (Wildman–Crippen MR) is 81.7 cm³/mol. The molecule has 2 N–H and O–H groups in total. The quantitative estimate of drug-likeness (QED) is 0.375. The van der Waals surface area contributed by atoms with E-state index in [-0.39, 0.29) is 18.0 Å². The fourth-order valence-electron chi connectivity index (χ4n) is 2.39. The van der Waals surface area contributed by atoms with E-state index in [0.717, 1.165) is 0 Å². The lowest BCUT2D eigenvalue weighted by molar-refractivity contribution is -0.150. The Labute approximate surface area is 136 Å². The Balaban J connectivity index is 2.16. The summed E-state index contributed by atoms with van der Waals surface area (Å²) in [5.41, 5.74) is 0.554. The first-order chi connectivity index (χ1) is 10.9. The van der Waals surface area contributed by atoms with Gasteiger partial charge in [0.1, 0.15) is 29.9 Å². The maximum atomic E-state index is 12.3. The second-order valence-electron chi connectivity index (χ2n) is 4.91. The van der Waals surface area contributed by atoms with Gasteiger partial charge in [-0.3, -0.25) is 14.5 Å². The van der Waals surface area contributed by atoms with Crippen molar-refractivity contribution in [2.24, 2.45) is 5.16 Å². The lowest BCUT2D eigenvalue weighted by Gasteiger charge is -2.49. The number of nitrogens with zero attached hydrogens (tertiary/aromatic N) is 2. The van der Waals surface area contributed by atoms with Gasteiger partial charge in [-0.1, -0.05) is 5.16 Å². The fraction of sp³-hybridized carbons (Fsp3) is 0.538. The molecular weight excluding hydrogens is 326 g/mol. The van der Waals surface area contributed by atoms with Gasteiger partial charge in [-0.2, -0.15) is 0 Å². The monoisotopic (exact) mass is 343 g/mol. The van der Waals surface area contributed by atoms with E-state index in [1.807, 2.05) is 0 Å². The van der Waals surface area contributed by atoms with Gasteiger partial charge >= 0.3 is 5.97 Å². The summed E-state index contributed by atoms with van der Waals surface area (Å²) in [6.45, 7) is 1.59. The number of oxime groups is 1. The van der Waals surface area contributed by atoms with Gasteiger partial charge in [0.25, 0.3) is 11.8 Å². The van der Waals surface area contributed by atoms with Crippen LogP contribution in [0.4, 0.5) is 0 Å². The molecule has 2 atom stereocenters. The number of carboxylic acid groups (broad SMARTS) is 1. The molecule has 126 valence electrons. The summed E-state index contributed by atoms with van der Waals surface area (Å²) in [6, 6.07) is -0.784. The number of carbonyl (C=O) groups excluding carboxylic acids is 2. The van der Waals surface area contributed by atoms with Crippen LogP contribution in [0.15, 0.2) is 16.4 Å². The summed E-state index contributed by atoms with van der Waals surface area (Å²) in [4.78, 5) is 41.3. The zero-order chi connectivity index (χ0) is 17.1. The third kappa shape index (κ3) is 3.17. The first kappa shape index (κ1) is 17.3. The molecule has 0 saturated carbocycles. The second-order valence-corrected chi connectivity index (χ2v) is 6.02. The van der Waals surface area contributed by atoms with Crippen molar-refractivity contribution >= 4 is 35.3 Å². The van der Waals surface area contributed by atoms with Gasteiger partial charge in [0.2, 0.25) is 0 Å². The van der Waals surface area contributed by atoms with Crippen molar-refractivity contribution in [3.05, 3.63) is 11.3 Å². The van der Waals surface area contributed by atoms with Crippen molar-refractivity contribution in [3.63, 3.8) is 0 Å². The Morgan fingerprint density at radius 2 is 2.17 bits per heavy atom. The van der Waals surface area contributed by atoms with Gasteiger partial charge < -0.3 is 20.0 Å². The number of aliphatic carboxylic acids is 1. The number of methoxy groups -OCH3 is 1. The number of hydrogen-bond acceptors (Lipinski definition) is 7. The predicted octanol–water partition coefficient (Wildman–Crippen LogP) is -0.606. The van der Waals surface area contributed by atoms with Gasteiger partial charge in [0, 0.05) is 12.9 Å². The van der Waals surface area contributed by atoms with Crippen molar-refractivity contribution in [1.29, 1.82) is 0 Å². The van der Waals surface area contributed by atoms with Crippen molar-refractivity contribution in [3.8, 4) is 0 Å². The van der Waals surface area contributed by atoms with E-state index >= 15 is 0 Å². The molecule has 0 aromatic carbocycles. The minimum atomic E-state index is -1.18. The molecule has 10 heteroatoms. The molecule has 0 aromatic rings. The number of carboxylic acids is 1. The zero-order valence-corrected chi connectivity index (χ0v) is 13.7. The minimum absolute atomic E-state index is 0.0617. The molecule has 2 rings (SSSR count). The van der Waals surface area contributed by atoms with E-state index < -0.39 is 29.2 Å². The highest BCUT2D eigenvalue weighted by Gasteiger charge is 2.54.